The molecule has 9 nitrogen and oxygen atoms in total. The van der Waals surface area contributed by atoms with E-state index in [2.05, 4.69) is 15.9 Å². The van der Waals surface area contributed by atoms with Crippen LogP contribution in [0, 0.1) is 10.1 Å². The standard InChI is InChI=1S/C32H28BrClN4O5S/c1-4-36(5-2)31(40)28-19(3)35-32-37(29(28)21-8-11-24(34)12-9-21)30(39)27(44-32)17-22-16-23(33)10-15-26(22)43-18-20-6-13-25(14-7-20)38(41)42/h6-17,29H,4-5,18H2,1-3H3/b27-17+/t29-/m1/s1. The molecule has 2 heterocycles. The van der Waals surface area contributed by atoms with Gasteiger partial charge >= 0.3 is 0 Å². The molecule has 226 valence electrons. The zero-order valence-corrected chi connectivity index (χ0v) is 27.3. The molecular formula is C32H28BrClN4O5S. The number of fused-ring (bicyclic) bond motifs is 1. The molecule has 0 spiro atoms. The first-order valence-electron chi connectivity index (χ1n) is 13.8. The first-order chi connectivity index (χ1) is 21.1. The Morgan fingerprint density at radius 1 is 1.14 bits per heavy atom. The van der Waals surface area contributed by atoms with Gasteiger partial charge in [0.15, 0.2) is 4.80 Å². The number of nitro benzene ring substituents is 1. The maximum Gasteiger partial charge on any atom is 0.271 e. The molecule has 0 saturated heterocycles. The third-order valence-corrected chi connectivity index (χ3v) is 9.02. The van der Waals surface area contributed by atoms with Gasteiger partial charge in [0, 0.05) is 40.3 Å². The van der Waals surface area contributed by atoms with Crippen LogP contribution in [0.4, 0.5) is 5.69 Å². The Bertz CT molecular complexity index is 1950. The number of carbonyl (C=O) groups excluding carboxylic acids is 1. The van der Waals surface area contributed by atoms with Crippen LogP contribution >= 0.6 is 38.9 Å². The number of aromatic nitrogens is 1. The molecule has 0 unspecified atom stereocenters. The molecule has 1 atom stereocenters. The average molecular weight is 696 g/mol. The molecule has 3 aromatic carbocycles. The van der Waals surface area contributed by atoms with E-state index in [-0.39, 0.29) is 23.8 Å². The van der Waals surface area contributed by atoms with Crippen LogP contribution in [-0.4, -0.2) is 33.4 Å². The monoisotopic (exact) mass is 694 g/mol. The number of thiazole rings is 1. The maximum absolute atomic E-state index is 14.1. The van der Waals surface area contributed by atoms with Gasteiger partial charge in [0.1, 0.15) is 12.4 Å². The zero-order valence-electron chi connectivity index (χ0n) is 24.1. The predicted molar refractivity (Wildman–Crippen MR) is 175 cm³/mol. The van der Waals surface area contributed by atoms with E-state index < -0.39 is 11.0 Å². The second kappa shape index (κ2) is 13.3. The predicted octanol–water partition coefficient (Wildman–Crippen LogP) is 6.01. The van der Waals surface area contributed by atoms with Crippen molar-refractivity contribution in [1.29, 1.82) is 0 Å². The van der Waals surface area contributed by atoms with Gasteiger partial charge in [-0.05, 0) is 80.4 Å². The van der Waals surface area contributed by atoms with Crippen LogP contribution < -0.4 is 19.6 Å². The van der Waals surface area contributed by atoms with Crippen LogP contribution in [0.5, 0.6) is 5.75 Å². The lowest BCUT2D eigenvalue weighted by Gasteiger charge is -2.29. The smallest absolute Gasteiger partial charge is 0.271 e. The molecule has 0 saturated carbocycles. The van der Waals surface area contributed by atoms with Crippen molar-refractivity contribution in [2.75, 3.05) is 13.1 Å². The summed E-state index contributed by atoms with van der Waals surface area (Å²) in [5.74, 6) is 0.361. The van der Waals surface area contributed by atoms with Crippen LogP contribution in [0.1, 0.15) is 43.5 Å². The Hall–Kier alpha value is -4.06. The topological polar surface area (TPSA) is 107 Å². The van der Waals surface area contributed by atoms with Gasteiger partial charge in [-0.15, -0.1) is 0 Å². The van der Waals surface area contributed by atoms with Gasteiger partial charge in [-0.25, -0.2) is 4.99 Å². The molecule has 1 amide bonds. The first-order valence-corrected chi connectivity index (χ1v) is 15.8. The van der Waals surface area contributed by atoms with Gasteiger partial charge in [0.2, 0.25) is 0 Å². The van der Waals surface area contributed by atoms with Crippen LogP contribution in [0.15, 0.2) is 92.3 Å². The number of rotatable bonds is 9. The summed E-state index contributed by atoms with van der Waals surface area (Å²) in [4.78, 5) is 45.4. The molecule has 5 rings (SSSR count). The minimum atomic E-state index is -0.681. The van der Waals surface area contributed by atoms with Crippen molar-refractivity contribution in [3.8, 4) is 5.75 Å². The molecule has 44 heavy (non-hydrogen) atoms. The lowest BCUT2D eigenvalue weighted by atomic mass is 9.94. The highest BCUT2D eigenvalue weighted by Gasteiger charge is 2.34. The van der Waals surface area contributed by atoms with E-state index in [1.165, 1.54) is 23.5 Å². The van der Waals surface area contributed by atoms with Gasteiger partial charge < -0.3 is 9.64 Å². The lowest BCUT2D eigenvalue weighted by Crippen LogP contribution is -2.43. The first kappa shape index (κ1) is 31.4. The van der Waals surface area contributed by atoms with E-state index in [9.17, 15) is 19.7 Å². The van der Waals surface area contributed by atoms with E-state index in [1.807, 2.05) is 38.1 Å². The van der Waals surface area contributed by atoms with Crippen molar-refractivity contribution in [3.63, 3.8) is 0 Å². The van der Waals surface area contributed by atoms with Crippen molar-refractivity contribution in [2.45, 2.75) is 33.4 Å². The summed E-state index contributed by atoms with van der Waals surface area (Å²) in [6, 6.07) is 18.1. The van der Waals surface area contributed by atoms with Gasteiger partial charge in [-0.3, -0.25) is 24.3 Å². The second-order valence-electron chi connectivity index (χ2n) is 10.0. The summed E-state index contributed by atoms with van der Waals surface area (Å²) < 4.78 is 8.89. The van der Waals surface area contributed by atoms with Gasteiger partial charge in [0.05, 0.1) is 26.8 Å². The maximum atomic E-state index is 14.1. The van der Waals surface area contributed by atoms with E-state index in [0.29, 0.717) is 50.0 Å². The Morgan fingerprint density at radius 3 is 2.45 bits per heavy atom. The Kier molecular flexibility index (Phi) is 9.48. The Labute approximate surface area is 270 Å². The van der Waals surface area contributed by atoms with E-state index in [4.69, 9.17) is 21.3 Å². The fourth-order valence-electron chi connectivity index (χ4n) is 5.02. The van der Waals surface area contributed by atoms with Crippen molar-refractivity contribution < 1.29 is 14.5 Å². The van der Waals surface area contributed by atoms with Crippen molar-refractivity contribution in [1.82, 2.24) is 9.47 Å². The van der Waals surface area contributed by atoms with Gasteiger partial charge in [0.25, 0.3) is 17.2 Å². The van der Waals surface area contributed by atoms with E-state index in [0.717, 1.165) is 15.6 Å². The molecule has 0 bridgehead atoms. The molecule has 0 N–H and O–H groups in total. The number of likely N-dealkylation sites (N-methyl/N-ethyl adjacent to an activating group) is 1. The number of hydrogen-bond donors (Lipinski definition) is 0. The largest absolute Gasteiger partial charge is 0.488 e. The number of amides is 1. The van der Waals surface area contributed by atoms with E-state index in [1.54, 1.807) is 52.8 Å². The quantitative estimate of drug-likeness (QED) is 0.158. The molecule has 1 aliphatic heterocycles. The number of halogens is 2. The Balaban J connectivity index is 1.59. The number of ether oxygens (including phenoxy) is 1. The van der Waals surface area contributed by atoms with Crippen LogP contribution in [0.25, 0.3) is 6.08 Å². The molecule has 1 aliphatic rings. The number of carbonyl (C=O) groups is 1. The third kappa shape index (κ3) is 6.40. The lowest BCUT2D eigenvalue weighted by molar-refractivity contribution is -0.384. The number of non-ortho nitro benzene ring substituents is 1. The fraction of sp³-hybridized carbons (Fsp3) is 0.219. The third-order valence-electron chi connectivity index (χ3n) is 7.29. The molecule has 0 radical (unpaired) electrons. The molecule has 4 aromatic rings. The minimum Gasteiger partial charge on any atom is -0.488 e. The number of hydrogen-bond acceptors (Lipinski definition) is 7. The summed E-state index contributed by atoms with van der Waals surface area (Å²) in [5.41, 5.74) is 2.89. The summed E-state index contributed by atoms with van der Waals surface area (Å²) in [5, 5.41) is 11.5. The summed E-state index contributed by atoms with van der Waals surface area (Å²) in [6.45, 7) is 6.86. The summed E-state index contributed by atoms with van der Waals surface area (Å²) in [7, 11) is 0. The van der Waals surface area contributed by atoms with Gasteiger partial charge in [-0.1, -0.05) is 51.0 Å². The van der Waals surface area contributed by atoms with Gasteiger partial charge in [-0.2, -0.15) is 0 Å². The molecular weight excluding hydrogens is 668 g/mol. The number of allylic oxidation sites excluding steroid dienone is 1. The molecule has 12 heteroatoms. The van der Waals surface area contributed by atoms with Crippen LogP contribution in [0.3, 0.4) is 0 Å². The normalized spacial score (nSPS) is 14.7. The SMILES string of the molecule is CCN(CC)C(=O)C1=C(C)N=c2s/c(=C/c3cc(Br)ccc3OCc3ccc([N+](=O)[O-])cc3)c(=O)n2[C@@H]1c1ccc(Cl)cc1. The highest BCUT2D eigenvalue weighted by atomic mass is 79.9. The Morgan fingerprint density at radius 2 is 1.82 bits per heavy atom. The molecule has 0 aliphatic carbocycles. The number of nitro groups is 1. The van der Waals surface area contributed by atoms with Crippen LogP contribution in [0.2, 0.25) is 5.02 Å². The number of benzene rings is 3. The summed E-state index contributed by atoms with van der Waals surface area (Å²) >= 11 is 10.9. The fourth-order valence-corrected chi connectivity index (χ4v) is 6.56. The van der Waals surface area contributed by atoms with Crippen molar-refractivity contribution >= 4 is 56.5 Å². The van der Waals surface area contributed by atoms with Crippen LogP contribution in [-0.2, 0) is 11.4 Å². The average Bonchev–Trinajstić information content (AvgIpc) is 3.31. The highest BCUT2D eigenvalue weighted by Crippen LogP contribution is 2.32. The highest BCUT2D eigenvalue weighted by molar-refractivity contribution is 9.10. The summed E-state index contributed by atoms with van der Waals surface area (Å²) in [6.07, 6.45) is 1.75. The zero-order chi connectivity index (χ0) is 31.5. The second-order valence-corrected chi connectivity index (χ2v) is 12.4. The molecule has 0 fully saturated rings. The van der Waals surface area contributed by atoms with Crippen molar-refractivity contribution in [2.24, 2.45) is 4.99 Å². The van der Waals surface area contributed by atoms with Crippen molar-refractivity contribution in [3.05, 3.63) is 134 Å². The molecule has 1 aromatic heterocycles. The van der Waals surface area contributed by atoms with E-state index >= 15 is 0 Å². The minimum absolute atomic E-state index is 0.00236. The number of nitrogens with zero attached hydrogens (tertiary/aromatic N) is 4.